The summed E-state index contributed by atoms with van der Waals surface area (Å²) in [6, 6.07) is 16.2. The van der Waals surface area contributed by atoms with Gasteiger partial charge >= 0.3 is 6.03 Å². The summed E-state index contributed by atoms with van der Waals surface area (Å²) < 4.78 is 0. The van der Waals surface area contributed by atoms with E-state index in [9.17, 15) is 9.59 Å². The van der Waals surface area contributed by atoms with E-state index in [0.29, 0.717) is 10.7 Å². The number of pyridine rings is 1. The summed E-state index contributed by atoms with van der Waals surface area (Å²) in [5.41, 5.74) is 2.42. The van der Waals surface area contributed by atoms with Crippen molar-refractivity contribution in [2.24, 2.45) is 5.10 Å². The number of hydrogen-bond acceptors (Lipinski definition) is 5. The molecule has 0 unspecified atom stereocenters. The summed E-state index contributed by atoms with van der Waals surface area (Å²) in [5.74, 6) is -0.380. The Hall–Kier alpha value is -3.97. The van der Waals surface area contributed by atoms with Gasteiger partial charge in [-0.05, 0) is 60.5 Å². The molecule has 0 aliphatic rings. The van der Waals surface area contributed by atoms with Crippen LogP contribution >= 0.6 is 11.6 Å². The largest absolute Gasteiger partial charge is 0.334 e. The average molecular weight is 462 g/mol. The van der Waals surface area contributed by atoms with Crippen LogP contribution in [0.4, 0.5) is 16.3 Å². The summed E-state index contributed by atoms with van der Waals surface area (Å²) >= 11 is 6.05. The molecular formula is C25H24ClN5O2. The van der Waals surface area contributed by atoms with Crippen molar-refractivity contribution in [3.63, 3.8) is 0 Å². The van der Waals surface area contributed by atoms with Crippen LogP contribution in [0.25, 0.3) is 6.08 Å². The molecule has 0 atom stereocenters. The zero-order valence-electron chi connectivity index (χ0n) is 18.4. The molecule has 0 saturated carbocycles. The van der Waals surface area contributed by atoms with E-state index in [-0.39, 0.29) is 11.4 Å². The number of halogens is 1. The fraction of sp³-hybridized carbons (Fsp3) is 0.120. The first-order chi connectivity index (χ1) is 15.9. The molecule has 168 valence electrons. The minimum atomic E-state index is -0.647. The van der Waals surface area contributed by atoms with Crippen molar-refractivity contribution in [1.29, 1.82) is 0 Å². The van der Waals surface area contributed by atoms with Crippen LogP contribution in [0.5, 0.6) is 0 Å². The van der Waals surface area contributed by atoms with Gasteiger partial charge in [-0.1, -0.05) is 42.5 Å². The van der Waals surface area contributed by atoms with Crippen molar-refractivity contribution >= 4 is 47.3 Å². The number of benzene rings is 2. The average Bonchev–Trinajstić information content (AvgIpc) is 2.84. The summed E-state index contributed by atoms with van der Waals surface area (Å²) in [6.45, 7) is 6.50. The Morgan fingerprint density at radius 2 is 1.85 bits per heavy atom. The van der Waals surface area contributed by atoms with Crippen molar-refractivity contribution in [3.8, 4) is 0 Å². The lowest BCUT2D eigenvalue weighted by Crippen LogP contribution is -2.40. The van der Waals surface area contributed by atoms with Gasteiger partial charge in [-0.2, -0.15) is 5.10 Å². The van der Waals surface area contributed by atoms with Gasteiger partial charge in [0.15, 0.2) is 0 Å². The van der Waals surface area contributed by atoms with Gasteiger partial charge in [0, 0.05) is 36.1 Å². The number of carbonyl (C=O) groups excluding carboxylic acids is 2. The van der Waals surface area contributed by atoms with E-state index in [0.717, 1.165) is 22.6 Å². The minimum Gasteiger partial charge on any atom is -0.307 e. The van der Waals surface area contributed by atoms with Crippen molar-refractivity contribution in [2.75, 3.05) is 23.8 Å². The molecule has 3 rings (SSSR count). The number of carbonyl (C=O) groups is 2. The molecule has 0 fully saturated rings. The lowest BCUT2D eigenvalue weighted by Gasteiger charge is -2.21. The van der Waals surface area contributed by atoms with E-state index in [4.69, 9.17) is 11.6 Å². The van der Waals surface area contributed by atoms with Crippen LogP contribution in [-0.2, 0) is 0 Å². The van der Waals surface area contributed by atoms with Gasteiger partial charge in [-0.15, -0.1) is 0 Å². The number of rotatable bonds is 7. The van der Waals surface area contributed by atoms with E-state index in [2.05, 4.69) is 22.0 Å². The predicted molar refractivity (Wildman–Crippen MR) is 134 cm³/mol. The molecule has 0 radical (unpaired) electrons. The maximum Gasteiger partial charge on any atom is 0.334 e. The van der Waals surface area contributed by atoms with Crippen LogP contribution in [0.3, 0.4) is 0 Å². The van der Waals surface area contributed by atoms with Crippen molar-refractivity contribution in [2.45, 2.75) is 6.92 Å². The summed E-state index contributed by atoms with van der Waals surface area (Å²) in [5, 5.41) is 9.24. The third-order valence-electron chi connectivity index (χ3n) is 4.74. The third-order valence-corrected chi connectivity index (χ3v) is 4.97. The lowest BCUT2D eigenvalue weighted by molar-refractivity contribution is 0.0995. The first kappa shape index (κ1) is 23.7. The topological polar surface area (TPSA) is 77.9 Å². The van der Waals surface area contributed by atoms with E-state index in [1.807, 2.05) is 26.1 Å². The standard InChI is InChI=1S/C25H24ClN5O2/c1-4-18-11-14-23(27-16-18)31(24(32)20-7-6-8-21(26)15-20)25(33)29-22-12-9-19(10-13-22)17-28-30(3)5-2/h4,6-17H,1,5H2,2-3H3,(H,29,33). The van der Waals surface area contributed by atoms with Gasteiger partial charge in [0.2, 0.25) is 0 Å². The first-order valence-corrected chi connectivity index (χ1v) is 10.6. The number of anilines is 2. The minimum absolute atomic E-state index is 0.175. The summed E-state index contributed by atoms with van der Waals surface area (Å²) in [7, 11) is 1.88. The highest BCUT2D eigenvalue weighted by atomic mass is 35.5. The Labute approximate surface area is 198 Å². The highest BCUT2D eigenvalue weighted by molar-refractivity contribution is 6.31. The molecule has 0 bridgehead atoms. The number of hydrogen-bond donors (Lipinski definition) is 1. The molecule has 1 heterocycles. The quantitative estimate of drug-likeness (QED) is 0.370. The van der Waals surface area contributed by atoms with Crippen molar-refractivity contribution in [1.82, 2.24) is 9.99 Å². The molecule has 2 aromatic carbocycles. The highest BCUT2D eigenvalue weighted by Crippen LogP contribution is 2.20. The van der Waals surface area contributed by atoms with Gasteiger partial charge in [0.25, 0.3) is 5.91 Å². The monoisotopic (exact) mass is 461 g/mol. The van der Waals surface area contributed by atoms with E-state index >= 15 is 0 Å². The summed E-state index contributed by atoms with van der Waals surface area (Å²) in [6.07, 6.45) is 4.90. The smallest absolute Gasteiger partial charge is 0.307 e. The SMILES string of the molecule is C=Cc1ccc(N(C(=O)Nc2ccc(C=NN(C)CC)cc2)C(=O)c2cccc(Cl)c2)nc1. The molecule has 8 heteroatoms. The van der Waals surface area contributed by atoms with E-state index in [1.165, 1.54) is 12.3 Å². The molecule has 3 aromatic rings. The van der Waals surface area contributed by atoms with Crippen LogP contribution in [-0.4, -0.2) is 41.7 Å². The third kappa shape index (κ3) is 6.27. The van der Waals surface area contributed by atoms with Crippen LogP contribution < -0.4 is 10.2 Å². The number of imide groups is 1. The van der Waals surface area contributed by atoms with E-state index < -0.39 is 11.9 Å². The molecule has 33 heavy (non-hydrogen) atoms. The second-order valence-electron chi connectivity index (χ2n) is 7.08. The van der Waals surface area contributed by atoms with Gasteiger partial charge in [0.05, 0.1) is 6.21 Å². The summed E-state index contributed by atoms with van der Waals surface area (Å²) in [4.78, 5) is 31.7. The van der Waals surface area contributed by atoms with Gasteiger partial charge in [-0.3, -0.25) is 4.79 Å². The Balaban J connectivity index is 1.86. The zero-order valence-corrected chi connectivity index (χ0v) is 19.2. The number of amides is 3. The number of hydrazone groups is 1. The highest BCUT2D eigenvalue weighted by Gasteiger charge is 2.26. The van der Waals surface area contributed by atoms with Crippen molar-refractivity contribution < 1.29 is 9.59 Å². The molecule has 0 saturated heterocycles. The fourth-order valence-electron chi connectivity index (χ4n) is 2.78. The number of nitrogens with one attached hydrogen (secondary N) is 1. The Kier molecular flexibility index (Phi) is 7.94. The molecule has 7 nitrogen and oxygen atoms in total. The molecule has 3 amide bonds. The van der Waals surface area contributed by atoms with Crippen LogP contribution in [0.15, 0.2) is 78.5 Å². The Bertz CT molecular complexity index is 1160. The molecule has 1 N–H and O–H groups in total. The fourth-order valence-corrected chi connectivity index (χ4v) is 2.97. The molecule has 1 aromatic heterocycles. The van der Waals surface area contributed by atoms with E-state index in [1.54, 1.807) is 59.8 Å². The maximum absolute atomic E-state index is 13.2. The Morgan fingerprint density at radius 1 is 1.12 bits per heavy atom. The number of aromatic nitrogens is 1. The molecule has 0 aliphatic carbocycles. The van der Waals surface area contributed by atoms with Crippen LogP contribution in [0, 0.1) is 0 Å². The second kappa shape index (κ2) is 11.1. The number of nitrogens with zero attached hydrogens (tertiary/aromatic N) is 4. The van der Waals surface area contributed by atoms with Crippen LogP contribution in [0.2, 0.25) is 5.02 Å². The number of urea groups is 1. The van der Waals surface area contributed by atoms with Crippen molar-refractivity contribution in [3.05, 3.63) is 95.2 Å². The first-order valence-electron chi connectivity index (χ1n) is 10.3. The molecule has 0 aliphatic heterocycles. The predicted octanol–water partition coefficient (Wildman–Crippen LogP) is 5.54. The van der Waals surface area contributed by atoms with Gasteiger partial charge < -0.3 is 10.3 Å². The Morgan fingerprint density at radius 3 is 2.45 bits per heavy atom. The van der Waals surface area contributed by atoms with Crippen LogP contribution in [0.1, 0.15) is 28.4 Å². The second-order valence-corrected chi connectivity index (χ2v) is 7.51. The normalized spacial score (nSPS) is 10.6. The zero-order chi connectivity index (χ0) is 23.8. The lowest BCUT2D eigenvalue weighted by atomic mass is 10.2. The van der Waals surface area contributed by atoms with Gasteiger partial charge in [0.1, 0.15) is 5.82 Å². The van der Waals surface area contributed by atoms with Gasteiger partial charge in [-0.25, -0.2) is 14.7 Å². The molecule has 0 spiro atoms. The molecular weight excluding hydrogens is 438 g/mol. The maximum atomic E-state index is 13.2.